The van der Waals surface area contributed by atoms with Gasteiger partial charge in [0.15, 0.2) is 0 Å². The average Bonchev–Trinajstić information content (AvgIpc) is 2.46. The van der Waals surface area contributed by atoms with Crippen molar-refractivity contribution >= 4 is 17.7 Å². The van der Waals surface area contributed by atoms with Crippen molar-refractivity contribution in [2.45, 2.75) is 45.3 Å². The summed E-state index contributed by atoms with van der Waals surface area (Å²) in [5.41, 5.74) is 0.499. The normalized spacial score (nSPS) is 23.4. The van der Waals surface area contributed by atoms with Gasteiger partial charge in [-0.15, -0.1) is 0 Å². The van der Waals surface area contributed by atoms with E-state index in [1.165, 1.54) is 0 Å². The van der Waals surface area contributed by atoms with Crippen LogP contribution in [-0.2, 0) is 9.53 Å². The quantitative estimate of drug-likeness (QED) is 0.704. The Labute approximate surface area is 118 Å². The Bertz CT molecular complexity index is 477. The molecule has 1 fully saturated rings. The van der Waals surface area contributed by atoms with Crippen LogP contribution in [0.15, 0.2) is 11.6 Å². The van der Waals surface area contributed by atoms with Crippen LogP contribution in [0.3, 0.4) is 0 Å². The van der Waals surface area contributed by atoms with Crippen molar-refractivity contribution in [2.75, 3.05) is 13.1 Å². The van der Waals surface area contributed by atoms with E-state index in [0.29, 0.717) is 25.2 Å². The zero-order valence-electron chi connectivity index (χ0n) is 12.2. The molecule has 2 N–H and O–H groups in total. The third-order valence-electron chi connectivity index (χ3n) is 3.28. The van der Waals surface area contributed by atoms with Crippen LogP contribution in [0.4, 0.5) is 4.79 Å². The van der Waals surface area contributed by atoms with Crippen LogP contribution in [-0.4, -0.2) is 47.3 Å². The lowest BCUT2D eigenvalue weighted by atomic mass is 9.95. The molecule has 2 rings (SSSR count). The van der Waals surface area contributed by atoms with Crippen LogP contribution in [0.2, 0.25) is 0 Å². The molecule has 0 aromatic carbocycles. The van der Waals surface area contributed by atoms with Gasteiger partial charge >= 0.3 is 6.09 Å². The van der Waals surface area contributed by atoms with Gasteiger partial charge in [0.2, 0.25) is 5.91 Å². The molecule has 0 aromatic rings. The van der Waals surface area contributed by atoms with Crippen molar-refractivity contribution in [3.05, 3.63) is 11.6 Å². The Kier molecular flexibility index (Phi) is 3.83. The Balaban J connectivity index is 2.20. The highest BCUT2D eigenvalue weighted by atomic mass is 16.6. The fourth-order valence-electron chi connectivity index (χ4n) is 2.44. The van der Waals surface area contributed by atoms with Gasteiger partial charge in [0, 0.05) is 18.8 Å². The second-order valence-electron chi connectivity index (χ2n) is 6.10. The maximum atomic E-state index is 12.3. The van der Waals surface area contributed by atoms with Gasteiger partial charge in [0.1, 0.15) is 5.60 Å². The van der Waals surface area contributed by atoms with E-state index in [-0.39, 0.29) is 18.4 Å². The van der Waals surface area contributed by atoms with Gasteiger partial charge in [-0.1, -0.05) is 6.08 Å². The SMILES string of the molecule is CC(C)(C)OC(=O)N1CCC=C2C(=N)CC(=O)NCC21. The summed E-state index contributed by atoms with van der Waals surface area (Å²) in [6.07, 6.45) is 2.32. The number of ether oxygens (including phenoxy) is 1. The smallest absolute Gasteiger partial charge is 0.410 e. The molecule has 1 unspecified atom stereocenters. The predicted octanol–water partition coefficient (Wildman–Crippen LogP) is 1.46. The summed E-state index contributed by atoms with van der Waals surface area (Å²) in [5, 5.41) is 10.7. The minimum Gasteiger partial charge on any atom is -0.444 e. The van der Waals surface area contributed by atoms with E-state index in [9.17, 15) is 9.59 Å². The summed E-state index contributed by atoms with van der Waals surface area (Å²) in [6, 6.07) is -0.294. The van der Waals surface area contributed by atoms with Crippen LogP contribution in [0.1, 0.15) is 33.6 Å². The lowest BCUT2D eigenvalue weighted by molar-refractivity contribution is -0.119. The van der Waals surface area contributed by atoms with Crippen molar-refractivity contribution in [3.8, 4) is 0 Å². The number of rotatable bonds is 0. The third kappa shape index (κ3) is 3.18. The molecule has 2 aliphatic heterocycles. The first kappa shape index (κ1) is 14.6. The minimum atomic E-state index is -0.556. The van der Waals surface area contributed by atoms with Crippen LogP contribution in [0.25, 0.3) is 0 Å². The van der Waals surface area contributed by atoms with Gasteiger partial charge in [-0.2, -0.15) is 0 Å². The van der Waals surface area contributed by atoms with Crippen molar-refractivity contribution in [2.24, 2.45) is 0 Å². The fraction of sp³-hybridized carbons (Fsp3) is 0.643. The molecular formula is C14H21N3O3. The van der Waals surface area contributed by atoms with Crippen LogP contribution in [0, 0.1) is 5.41 Å². The van der Waals surface area contributed by atoms with E-state index >= 15 is 0 Å². The van der Waals surface area contributed by atoms with E-state index < -0.39 is 11.7 Å². The fourth-order valence-corrected chi connectivity index (χ4v) is 2.44. The summed E-state index contributed by atoms with van der Waals surface area (Å²) < 4.78 is 5.41. The molecule has 0 radical (unpaired) electrons. The average molecular weight is 279 g/mol. The van der Waals surface area contributed by atoms with Gasteiger partial charge in [0.25, 0.3) is 0 Å². The standard InChI is InChI=1S/C14H21N3O3/c1-14(2,3)20-13(19)17-6-4-5-9-10(15)7-12(18)16-8-11(9)17/h5,11,15H,4,6-8H2,1-3H3,(H,16,18). The van der Waals surface area contributed by atoms with Gasteiger partial charge in [-0.3, -0.25) is 9.69 Å². The van der Waals surface area contributed by atoms with E-state index in [2.05, 4.69) is 5.32 Å². The Hall–Kier alpha value is -1.85. The number of nitrogens with one attached hydrogen (secondary N) is 2. The second kappa shape index (κ2) is 5.26. The summed E-state index contributed by atoms with van der Waals surface area (Å²) in [7, 11) is 0. The number of fused-ring (bicyclic) bond motifs is 1. The predicted molar refractivity (Wildman–Crippen MR) is 74.8 cm³/mol. The van der Waals surface area contributed by atoms with Gasteiger partial charge < -0.3 is 15.5 Å². The van der Waals surface area contributed by atoms with Crippen molar-refractivity contribution in [3.63, 3.8) is 0 Å². The topological polar surface area (TPSA) is 82.5 Å². The Morgan fingerprint density at radius 2 is 2.20 bits per heavy atom. The van der Waals surface area contributed by atoms with Gasteiger partial charge in [0.05, 0.1) is 12.5 Å². The van der Waals surface area contributed by atoms with E-state index in [1.54, 1.807) is 4.90 Å². The summed E-state index contributed by atoms with van der Waals surface area (Å²) >= 11 is 0. The molecule has 0 saturated carbocycles. The summed E-state index contributed by atoms with van der Waals surface area (Å²) in [5.74, 6) is -0.172. The molecule has 20 heavy (non-hydrogen) atoms. The number of carbonyl (C=O) groups excluding carboxylic acids is 2. The molecule has 110 valence electrons. The number of hydrogen-bond donors (Lipinski definition) is 2. The molecule has 6 nitrogen and oxygen atoms in total. The first-order valence-corrected chi connectivity index (χ1v) is 6.82. The van der Waals surface area contributed by atoms with Gasteiger partial charge in [-0.05, 0) is 32.8 Å². The zero-order valence-corrected chi connectivity index (χ0v) is 12.2. The largest absolute Gasteiger partial charge is 0.444 e. The monoisotopic (exact) mass is 279 g/mol. The highest BCUT2D eigenvalue weighted by Gasteiger charge is 2.36. The number of carbonyl (C=O) groups is 2. The molecule has 0 aliphatic carbocycles. The van der Waals surface area contributed by atoms with E-state index in [0.717, 1.165) is 5.57 Å². The molecule has 1 saturated heterocycles. The highest BCUT2D eigenvalue weighted by Crippen LogP contribution is 2.24. The first-order valence-electron chi connectivity index (χ1n) is 6.82. The Morgan fingerprint density at radius 3 is 2.85 bits per heavy atom. The molecule has 0 spiro atoms. The zero-order chi connectivity index (χ0) is 14.9. The molecule has 2 amide bonds. The molecular weight excluding hydrogens is 258 g/mol. The molecule has 0 aromatic heterocycles. The van der Waals surface area contributed by atoms with Crippen molar-refractivity contribution < 1.29 is 14.3 Å². The van der Waals surface area contributed by atoms with Gasteiger partial charge in [-0.25, -0.2) is 4.79 Å². The van der Waals surface area contributed by atoms with Crippen LogP contribution in [0.5, 0.6) is 0 Å². The maximum absolute atomic E-state index is 12.3. The van der Waals surface area contributed by atoms with Crippen molar-refractivity contribution in [1.82, 2.24) is 10.2 Å². The maximum Gasteiger partial charge on any atom is 0.410 e. The molecule has 2 heterocycles. The first-order chi connectivity index (χ1) is 9.28. The van der Waals surface area contributed by atoms with E-state index in [4.69, 9.17) is 10.1 Å². The summed E-state index contributed by atoms with van der Waals surface area (Å²) in [4.78, 5) is 25.4. The molecule has 1 atom stereocenters. The number of amides is 2. The summed E-state index contributed by atoms with van der Waals surface area (Å²) in [6.45, 7) is 6.35. The van der Waals surface area contributed by atoms with Crippen molar-refractivity contribution in [1.29, 1.82) is 5.41 Å². The Morgan fingerprint density at radius 1 is 1.50 bits per heavy atom. The lowest BCUT2D eigenvalue weighted by Crippen LogP contribution is -2.50. The van der Waals surface area contributed by atoms with Crippen LogP contribution >= 0.6 is 0 Å². The second-order valence-corrected chi connectivity index (χ2v) is 6.10. The number of hydrogen-bond acceptors (Lipinski definition) is 4. The minimum absolute atomic E-state index is 0.0739. The molecule has 6 heteroatoms. The lowest BCUT2D eigenvalue weighted by Gasteiger charge is -2.36. The third-order valence-corrected chi connectivity index (χ3v) is 3.28. The van der Waals surface area contributed by atoms with E-state index in [1.807, 2.05) is 26.8 Å². The highest BCUT2D eigenvalue weighted by molar-refractivity contribution is 6.10. The van der Waals surface area contributed by atoms with Crippen LogP contribution < -0.4 is 5.32 Å². The number of nitrogens with zero attached hydrogens (tertiary/aromatic N) is 1. The molecule has 0 bridgehead atoms. The molecule has 2 aliphatic rings.